The third kappa shape index (κ3) is 3.25. The minimum Gasteiger partial charge on any atom is -0.481 e. The van der Waals surface area contributed by atoms with Crippen molar-refractivity contribution in [2.24, 2.45) is 0 Å². The van der Waals surface area contributed by atoms with Gasteiger partial charge in [0.1, 0.15) is 17.0 Å². The zero-order chi connectivity index (χ0) is 18.8. The average Bonchev–Trinajstić information content (AvgIpc) is 2.56. The van der Waals surface area contributed by atoms with Crippen molar-refractivity contribution in [2.75, 3.05) is 0 Å². The van der Waals surface area contributed by atoms with Crippen LogP contribution < -0.4 is 0 Å². The first-order valence-electron chi connectivity index (χ1n) is 8.34. The number of carboxylic acid groups (broad SMARTS) is 1. The fraction of sp³-hybridized carbons (Fsp3) is 0.421. The summed E-state index contributed by atoms with van der Waals surface area (Å²) in [6, 6.07) is 5.14. The van der Waals surface area contributed by atoms with Crippen LogP contribution in [0.4, 0.5) is 8.78 Å². The van der Waals surface area contributed by atoms with E-state index in [-0.39, 0.29) is 17.2 Å². The van der Waals surface area contributed by atoms with E-state index in [0.29, 0.717) is 24.1 Å². The van der Waals surface area contributed by atoms with Gasteiger partial charge in [-0.3, -0.25) is 4.79 Å². The molecule has 0 saturated carbocycles. The maximum atomic E-state index is 14.1. The third-order valence-corrected chi connectivity index (χ3v) is 4.73. The van der Waals surface area contributed by atoms with E-state index in [1.807, 2.05) is 13.8 Å². The molecule has 0 amide bonds. The molecule has 1 aromatic heterocycles. The van der Waals surface area contributed by atoms with E-state index in [2.05, 4.69) is 10.2 Å². The topological polar surface area (TPSA) is 63.1 Å². The summed E-state index contributed by atoms with van der Waals surface area (Å²) in [5.41, 5.74) is -0.356. The summed E-state index contributed by atoms with van der Waals surface area (Å²) in [6.07, 6.45) is 0.696. The van der Waals surface area contributed by atoms with Gasteiger partial charge in [0.05, 0.1) is 17.0 Å². The SMILES string of the molecule is CCC(CC)(C(=O)O)c1nnc(-c2c(F)cccc2F)cc1C(C)C. The highest BCUT2D eigenvalue weighted by atomic mass is 19.1. The van der Waals surface area contributed by atoms with Gasteiger partial charge in [0.2, 0.25) is 0 Å². The monoisotopic (exact) mass is 348 g/mol. The molecule has 2 rings (SSSR count). The molecule has 134 valence electrons. The van der Waals surface area contributed by atoms with E-state index in [1.165, 1.54) is 6.07 Å². The highest BCUT2D eigenvalue weighted by Crippen LogP contribution is 2.37. The van der Waals surface area contributed by atoms with Crippen LogP contribution in [0.1, 0.15) is 57.7 Å². The van der Waals surface area contributed by atoms with Crippen molar-refractivity contribution < 1.29 is 18.7 Å². The van der Waals surface area contributed by atoms with Crippen LogP contribution in [-0.4, -0.2) is 21.3 Å². The second-order valence-electron chi connectivity index (χ2n) is 6.38. The van der Waals surface area contributed by atoms with Gasteiger partial charge in [0, 0.05) is 0 Å². The van der Waals surface area contributed by atoms with Gasteiger partial charge in [-0.05, 0) is 42.5 Å². The normalized spacial score (nSPS) is 11.8. The lowest BCUT2D eigenvalue weighted by molar-refractivity contribution is -0.144. The first-order chi connectivity index (χ1) is 11.8. The second-order valence-corrected chi connectivity index (χ2v) is 6.38. The maximum absolute atomic E-state index is 14.1. The molecule has 0 spiro atoms. The molecule has 0 aliphatic carbocycles. The molecule has 0 radical (unpaired) electrons. The van der Waals surface area contributed by atoms with Crippen molar-refractivity contribution in [1.29, 1.82) is 0 Å². The molecule has 0 fully saturated rings. The van der Waals surface area contributed by atoms with Gasteiger partial charge >= 0.3 is 5.97 Å². The van der Waals surface area contributed by atoms with Gasteiger partial charge < -0.3 is 5.11 Å². The zero-order valence-electron chi connectivity index (χ0n) is 14.8. The van der Waals surface area contributed by atoms with Gasteiger partial charge in [0.25, 0.3) is 0 Å². The molecule has 1 N–H and O–H groups in total. The van der Waals surface area contributed by atoms with Gasteiger partial charge in [-0.2, -0.15) is 5.10 Å². The van der Waals surface area contributed by atoms with E-state index in [4.69, 9.17) is 0 Å². The number of nitrogens with zero attached hydrogens (tertiary/aromatic N) is 2. The van der Waals surface area contributed by atoms with Crippen LogP contribution >= 0.6 is 0 Å². The molecule has 6 heteroatoms. The van der Waals surface area contributed by atoms with Crippen LogP contribution in [0.25, 0.3) is 11.3 Å². The minimum absolute atomic E-state index is 0.0644. The third-order valence-electron chi connectivity index (χ3n) is 4.73. The number of rotatable bonds is 6. The molecular weight excluding hydrogens is 326 g/mol. The molecule has 1 aromatic carbocycles. The maximum Gasteiger partial charge on any atom is 0.315 e. The number of halogens is 2. The highest BCUT2D eigenvalue weighted by Gasteiger charge is 2.41. The van der Waals surface area contributed by atoms with Crippen LogP contribution in [0.3, 0.4) is 0 Å². The smallest absolute Gasteiger partial charge is 0.315 e. The number of aromatic nitrogens is 2. The van der Waals surface area contributed by atoms with E-state index >= 15 is 0 Å². The summed E-state index contributed by atoms with van der Waals surface area (Å²) < 4.78 is 28.1. The number of carbonyl (C=O) groups is 1. The minimum atomic E-state index is -1.17. The lowest BCUT2D eigenvalue weighted by atomic mass is 9.75. The van der Waals surface area contributed by atoms with Crippen LogP contribution in [0.5, 0.6) is 0 Å². The zero-order valence-corrected chi connectivity index (χ0v) is 14.8. The molecule has 0 aliphatic rings. The Morgan fingerprint density at radius 1 is 1.16 bits per heavy atom. The van der Waals surface area contributed by atoms with Crippen LogP contribution in [0.2, 0.25) is 0 Å². The molecule has 0 saturated heterocycles. The first-order valence-corrected chi connectivity index (χ1v) is 8.34. The van der Waals surface area contributed by atoms with Crippen LogP contribution in [0, 0.1) is 11.6 Å². The van der Waals surface area contributed by atoms with Crippen molar-refractivity contribution in [3.8, 4) is 11.3 Å². The predicted molar refractivity (Wildman–Crippen MR) is 91.4 cm³/mol. The summed E-state index contributed by atoms with van der Waals surface area (Å²) in [7, 11) is 0. The fourth-order valence-corrected chi connectivity index (χ4v) is 3.07. The highest BCUT2D eigenvalue weighted by molar-refractivity contribution is 5.81. The van der Waals surface area contributed by atoms with E-state index in [0.717, 1.165) is 12.1 Å². The number of hydrogen-bond acceptors (Lipinski definition) is 3. The van der Waals surface area contributed by atoms with E-state index in [9.17, 15) is 18.7 Å². The molecule has 0 bridgehead atoms. The Morgan fingerprint density at radius 3 is 2.16 bits per heavy atom. The number of benzene rings is 1. The molecule has 1 heterocycles. The van der Waals surface area contributed by atoms with Crippen LogP contribution in [-0.2, 0) is 10.2 Å². The van der Waals surface area contributed by atoms with Gasteiger partial charge in [-0.1, -0.05) is 33.8 Å². The summed E-state index contributed by atoms with van der Waals surface area (Å²) in [6.45, 7) is 7.35. The Labute approximate surface area is 145 Å². The Kier molecular flexibility index (Phi) is 5.50. The fourth-order valence-electron chi connectivity index (χ4n) is 3.07. The molecule has 0 atom stereocenters. The number of carboxylic acids is 1. The lowest BCUT2D eigenvalue weighted by Crippen LogP contribution is -2.37. The first kappa shape index (κ1) is 19.0. The summed E-state index contributed by atoms with van der Waals surface area (Å²) in [5.74, 6) is -2.51. The summed E-state index contributed by atoms with van der Waals surface area (Å²) in [4.78, 5) is 11.9. The van der Waals surface area contributed by atoms with Crippen molar-refractivity contribution >= 4 is 5.97 Å². The number of hydrogen-bond donors (Lipinski definition) is 1. The van der Waals surface area contributed by atoms with Crippen molar-refractivity contribution in [2.45, 2.75) is 51.9 Å². The van der Waals surface area contributed by atoms with Crippen LogP contribution in [0.15, 0.2) is 24.3 Å². The predicted octanol–water partition coefficient (Wildman–Crippen LogP) is 4.69. The quantitative estimate of drug-likeness (QED) is 0.823. The van der Waals surface area contributed by atoms with Crippen molar-refractivity contribution in [3.05, 3.63) is 47.2 Å². The largest absolute Gasteiger partial charge is 0.481 e. The van der Waals surface area contributed by atoms with Crippen molar-refractivity contribution in [1.82, 2.24) is 10.2 Å². The Morgan fingerprint density at radius 2 is 1.72 bits per heavy atom. The molecule has 4 nitrogen and oxygen atoms in total. The van der Waals surface area contributed by atoms with E-state index < -0.39 is 23.0 Å². The Balaban J connectivity index is 2.73. The average molecular weight is 348 g/mol. The summed E-state index contributed by atoms with van der Waals surface area (Å²) in [5, 5.41) is 17.9. The van der Waals surface area contributed by atoms with Gasteiger partial charge in [-0.25, -0.2) is 8.78 Å². The molecule has 0 unspecified atom stereocenters. The molecule has 2 aromatic rings. The molecular formula is C19H22F2N2O2. The standard InChI is InChI=1S/C19H22F2N2O2/c1-5-19(6-2,18(24)25)17-12(11(3)4)10-15(22-23-17)16-13(20)8-7-9-14(16)21/h7-11H,5-6H2,1-4H3,(H,24,25). The summed E-state index contributed by atoms with van der Waals surface area (Å²) >= 11 is 0. The van der Waals surface area contributed by atoms with Gasteiger partial charge in [-0.15, -0.1) is 5.10 Å². The lowest BCUT2D eigenvalue weighted by Gasteiger charge is -2.29. The Hall–Kier alpha value is -2.37. The van der Waals surface area contributed by atoms with E-state index in [1.54, 1.807) is 19.9 Å². The molecule has 0 aliphatic heterocycles. The number of aliphatic carboxylic acids is 1. The molecule has 25 heavy (non-hydrogen) atoms. The van der Waals surface area contributed by atoms with Crippen molar-refractivity contribution in [3.63, 3.8) is 0 Å². The Bertz CT molecular complexity index is 767. The van der Waals surface area contributed by atoms with Gasteiger partial charge in [0.15, 0.2) is 0 Å². The second kappa shape index (κ2) is 7.25.